The maximum Gasteiger partial charge on any atom is 0.261 e. The summed E-state index contributed by atoms with van der Waals surface area (Å²) in [7, 11) is -3.70. The van der Waals surface area contributed by atoms with E-state index in [9.17, 15) is 13.2 Å². The summed E-state index contributed by atoms with van der Waals surface area (Å²) < 4.78 is 27.3. The number of hydrogen-bond donors (Lipinski definition) is 3. The number of rotatable bonds is 7. The van der Waals surface area contributed by atoms with Crippen molar-refractivity contribution in [2.75, 3.05) is 11.3 Å². The lowest BCUT2D eigenvalue weighted by Gasteiger charge is -2.10. The van der Waals surface area contributed by atoms with Gasteiger partial charge in [0.1, 0.15) is 0 Å². The van der Waals surface area contributed by atoms with E-state index in [4.69, 9.17) is 5.73 Å². The molecule has 0 saturated carbocycles. The Morgan fingerprint density at radius 3 is 2.19 bits per heavy atom. The van der Waals surface area contributed by atoms with E-state index in [2.05, 4.69) is 10.0 Å². The van der Waals surface area contributed by atoms with E-state index < -0.39 is 10.0 Å². The standard InChI is InChI=1S/C18H23N3O3S.ClH/c1-13-3-7-16(8-4-13)21-25(23,24)17-9-5-15(6-10-17)18(22)20-12-11-14(2)19;/h3-10,14,21H,11-12,19H2,1-2H3,(H,20,22);1H. The highest BCUT2D eigenvalue weighted by Gasteiger charge is 2.15. The molecule has 0 fully saturated rings. The molecule has 0 bridgehead atoms. The van der Waals surface area contributed by atoms with Crippen molar-refractivity contribution in [3.05, 3.63) is 59.7 Å². The van der Waals surface area contributed by atoms with E-state index in [0.717, 1.165) is 5.56 Å². The zero-order chi connectivity index (χ0) is 18.4. The van der Waals surface area contributed by atoms with Crippen molar-refractivity contribution in [2.24, 2.45) is 5.73 Å². The minimum atomic E-state index is -3.70. The highest BCUT2D eigenvalue weighted by Crippen LogP contribution is 2.17. The molecule has 0 saturated heterocycles. The zero-order valence-corrected chi connectivity index (χ0v) is 16.4. The molecular weight excluding hydrogens is 374 g/mol. The van der Waals surface area contributed by atoms with Gasteiger partial charge in [-0.15, -0.1) is 12.4 Å². The van der Waals surface area contributed by atoms with Gasteiger partial charge in [-0.3, -0.25) is 9.52 Å². The summed E-state index contributed by atoms with van der Waals surface area (Å²) in [5, 5.41) is 2.75. The van der Waals surface area contributed by atoms with E-state index in [0.29, 0.717) is 24.2 Å². The van der Waals surface area contributed by atoms with Crippen LogP contribution in [0.2, 0.25) is 0 Å². The number of sulfonamides is 1. The molecule has 0 aromatic heterocycles. The first-order valence-electron chi connectivity index (χ1n) is 8.01. The number of benzene rings is 2. The molecule has 0 spiro atoms. The van der Waals surface area contributed by atoms with Crippen molar-refractivity contribution in [1.82, 2.24) is 5.32 Å². The van der Waals surface area contributed by atoms with Gasteiger partial charge in [0, 0.05) is 23.8 Å². The van der Waals surface area contributed by atoms with Crippen LogP contribution < -0.4 is 15.8 Å². The van der Waals surface area contributed by atoms with Gasteiger partial charge in [0.2, 0.25) is 0 Å². The quantitative estimate of drug-likeness (QED) is 0.668. The molecule has 6 nitrogen and oxygen atoms in total. The predicted octanol–water partition coefficient (Wildman–Crippen LogP) is 2.68. The molecule has 2 rings (SSSR count). The molecule has 1 amide bonds. The molecule has 26 heavy (non-hydrogen) atoms. The molecule has 142 valence electrons. The van der Waals surface area contributed by atoms with Gasteiger partial charge in [-0.2, -0.15) is 0 Å². The summed E-state index contributed by atoms with van der Waals surface area (Å²) in [5.74, 6) is -0.254. The van der Waals surface area contributed by atoms with Crippen LogP contribution in [0, 0.1) is 6.92 Å². The van der Waals surface area contributed by atoms with Crippen molar-refractivity contribution < 1.29 is 13.2 Å². The van der Waals surface area contributed by atoms with Crippen LogP contribution in [0.1, 0.15) is 29.3 Å². The van der Waals surface area contributed by atoms with Crippen molar-refractivity contribution in [3.8, 4) is 0 Å². The highest BCUT2D eigenvalue weighted by atomic mass is 35.5. The Kier molecular flexibility index (Phi) is 8.08. The smallest absolute Gasteiger partial charge is 0.261 e. The Bertz CT molecular complexity index is 820. The highest BCUT2D eigenvalue weighted by molar-refractivity contribution is 7.92. The molecule has 2 aromatic rings. The Morgan fingerprint density at radius 1 is 1.08 bits per heavy atom. The van der Waals surface area contributed by atoms with E-state index in [1.54, 1.807) is 12.1 Å². The van der Waals surface area contributed by atoms with Gasteiger partial charge in [-0.1, -0.05) is 17.7 Å². The van der Waals surface area contributed by atoms with E-state index in [1.807, 2.05) is 26.0 Å². The number of halogens is 1. The van der Waals surface area contributed by atoms with Gasteiger partial charge >= 0.3 is 0 Å². The van der Waals surface area contributed by atoms with Crippen LogP contribution >= 0.6 is 12.4 Å². The van der Waals surface area contributed by atoms with Gasteiger partial charge in [-0.05, 0) is 56.7 Å². The summed E-state index contributed by atoms with van der Waals surface area (Å²) >= 11 is 0. The van der Waals surface area contributed by atoms with Gasteiger partial charge in [-0.25, -0.2) is 8.42 Å². The lowest BCUT2D eigenvalue weighted by atomic mass is 10.2. The van der Waals surface area contributed by atoms with Gasteiger partial charge in [0.15, 0.2) is 0 Å². The predicted molar refractivity (Wildman–Crippen MR) is 106 cm³/mol. The number of amides is 1. The fourth-order valence-electron chi connectivity index (χ4n) is 2.14. The Hall–Kier alpha value is -2.09. The van der Waals surface area contributed by atoms with Crippen molar-refractivity contribution in [2.45, 2.75) is 31.2 Å². The number of nitrogens with two attached hydrogens (primary N) is 1. The second-order valence-electron chi connectivity index (χ2n) is 6.02. The first kappa shape index (κ1) is 22.0. The van der Waals surface area contributed by atoms with Crippen molar-refractivity contribution in [1.29, 1.82) is 0 Å². The number of carbonyl (C=O) groups is 1. The summed E-state index contributed by atoms with van der Waals surface area (Å²) in [6, 6.07) is 12.9. The summed E-state index contributed by atoms with van der Waals surface area (Å²) in [6.07, 6.45) is 0.679. The fourth-order valence-corrected chi connectivity index (χ4v) is 3.20. The van der Waals surface area contributed by atoms with Crippen LogP contribution in [0.25, 0.3) is 0 Å². The number of anilines is 1. The van der Waals surface area contributed by atoms with Gasteiger partial charge < -0.3 is 11.1 Å². The number of aryl methyl sites for hydroxylation is 1. The Morgan fingerprint density at radius 2 is 1.65 bits per heavy atom. The van der Waals surface area contributed by atoms with Crippen LogP contribution in [0.5, 0.6) is 0 Å². The number of carbonyl (C=O) groups excluding carboxylic acids is 1. The molecule has 0 aliphatic heterocycles. The van der Waals surface area contributed by atoms with Crippen molar-refractivity contribution in [3.63, 3.8) is 0 Å². The zero-order valence-electron chi connectivity index (χ0n) is 14.7. The molecule has 0 radical (unpaired) electrons. The normalized spacial score (nSPS) is 12.0. The van der Waals surface area contributed by atoms with E-state index >= 15 is 0 Å². The summed E-state index contributed by atoms with van der Waals surface area (Å²) in [4.78, 5) is 12.1. The fraction of sp³-hybridized carbons (Fsp3) is 0.278. The second-order valence-corrected chi connectivity index (χ2v) is 7.70. The Balaban J connectivity index is 0.00000338. The topological polar surface area (TPSA) is 101 Å². The summed E-state index contributed by atoms with van der Waals surface area (Å²) in [6.45, 7) is 4.27. The first-order valence-corrected chi connectivity index (χ1v) is 9.49. The van der Waals surface area contributed by atoms with Crippen LogP contribution in [0.3, 0.4) is 0 Å². The molecule has 1 unspecified atom stereocenters. The minimum Gasteiger partial charge on any atom is -0.352 e. The molecule has 0 aliphatic rings. The first-order chi connectivity index (χ1) is 11.8. The molecule has 0 heterocycles. The lowest BCUT2D eigenvalue weighted by Crippen LogP contribution is -2.28. The minimum absolute atomic E-state index is 0. The molecule has 4 N–H and O–H groups in total. The van der Waals surface area contributed by atoms with Crippen LogP contribution in [0.4, 0.5) is 5.69 Å². The van der Waals surface area contributed by atoms with Crippen LogP contribution in [0.15, 0.2) is 53.4 Å². The number of hydrogen-bond acceptors (Lipinski definition) is 4. The van der Waals surface area contributed by atoms with Gasteiger partial charge in [0.05, 0.1) is 4.90 Å². The van der Waals surface area contributed by atoms with Crippen LogP contribution in [-0.2, 0) is 10.0 Å². The largest absolute Gasteiger partial charge is 0.352 e. The third kappa shape index (κ3) is 6.33. The molecule has 1 atom stereocenters. The molecular formula is C18H24ClN3O3S. The third-order valence-corrected chi connectivity index (χ3v) is 5.01. The third-order valence-electron chi connectivity index (χ3n) is 3.62. The molecule has 0 aliphatic carbocycles. The average Bonchev–Trinajstić information content (AvgIpc) is 2.56. The van der Waals surface area contributed by atoms with Crippen molar-refractivity contribution >= 4 is 34.0 Å². The maximum atomic E-state index is 12.4. The molecule has 8 heteroatoms. The summed E-state index contributed by atoms with van der Waals surface area (Å²) in [5.41, 5.74) is 7.57. The average molecular weight is 398 g/mol. The Labute approximate surface area is 160 Å². The lowest BCUT2D eigenvalue weighted by molar-refractivity contribution is 0.0952. The van der Waals surface area contributed by atoms with Gasteiger partial charge in [0.25, 0.3) is 15.9 Å². The number of nitrogens with one attached hydrogen (secondary N) is 2. The monoisotopic (exact) mass is 397 g/mol. The van der Waals surface area contributed by atoms with E-state index in [1.165, 1.54) is 24.3 Å². The maximum absolute atomic E-state index is 12.4. The van der Waals surface area contributed by atoms with E-state index in [-0.39, 0.29) is 29.3 Å². The van der Waals surface area contributed by atoms with Crippen LogP contribution in [-0.4, -0.2) is 26.9 Å². The molecule has 2 aromatic carbocycles. The SMILES string of the molecule is Cc1ccc(NS(=O)(=O)c2ccc(C(=O)NCCC(C)N)cc2)cc1.Cl. The second kappa shape index (κ2) is 9.56.